The number of thioether (sulfide) groups is 1. The zero-order chi connectivity index (χ0) is 13.3. The van der Waals surface area contributed by atoms with Crippen LogP contribution < -0.4 is 5.32 Å². The summed E-state index contributed by atoms with van der Waals surface area (Å²) in [5.74, 6) is 2.48. The van der Waals surface area contributed by atoms with E-state index in [2.05, 4.69) is 60.2 Å². The van der Waals surface area contributed by atoms with Crippen molar-refractivity contribution in [3.63, 3.8) is 0 Å². The second-order valence-electron chi connectivity index (χ2n) is 5.92. The van der Waals surface area contributed by atoms with Gasteiger partial charge in [0, 0.05) is 29.1 Å². The van der Waals surface area contributed by atoms with Gasteiger partial charge in [0.05, 0.1) is 5.52 Å². The van der Waals surface area contributed by atoms with E-state index in [0.717, 1.165) is 5.52 Å². The molecule has 1 aliphatic heterocycles. The van der Waals surface area contributed by atoms with Crippen molar-refractivity contribution in [2.45, 2.75) is 26.3 Å². The van der Waals surface area contributed by atoms with Crippen LogP contribution in [-0.4, -0.2) is 22.5 Å². The minimum absolute atomic E-state index is 0.370. The highest BCUT2D eigenvalue weighted by molar-refractivity contribution is 7.99. The third-order valence-corrected chi connectivity index (χ3v) is 5.12. The van der Waals surface area contributed by atoms with Crippen LogP contribution in [0.3, 0.4) is 0 Å². The Hall–Kier alpha value is -1.22. The highest BCUT2D eigenvalue weighted by Gasteiger charge is 2.32. The van der Waals surface area contributed by atoms with Crippen molar-refractivity contribution >= 4 is 28.4 Å². The third kappa shape index (κ3) is 2.71. The number of hydrogen-bond donors (Lipinski definition) is 1. The topological polar surface area (TPSA) is 24.9 Å². The van der Waals surface area contributed by atoms with Crippen LogP contribution in [0.15, 0.2) is 36.5 Å². The van der Waals surface area contributed by atoms with Gasteiger partial charge in [-0.2, -0.15) is 11.8 Å². The fourth-order valence-corrected chi connectivity index (χ4v) is 4.15. The summed E-state index contributed by atoms with van der Waals surface area (Å²) in [5.41, 5.74) is 2.64. The Bertz CT molecular complexity index is 580. The Morgan fingerprint density at radius 3 is 3.05 bits per heavy atom. The predicted molar refractivity (Wildman–Crippen MR) is 84.9 cm³/mol. The maximum Gasteiger partial charge on any atom is 0.0703 e. The molecule has 0 spiro atoms. The number of anilines is 1. The summed E-state index contributed by atoms with van der Waals surface area (Å²) in [6.45, 7) is 4.74. The molecule has 1 fully saturated rings. The predicted octanol–water partition coefficient (Wildman–Crippen LogP) is 4.18. The largest absolute Gasteiger partial charge is 0.381 e. The van der Waals surface area contributed by atoms with Gasteiger partial charge in [-0.1, -0.05) is 19.9 Å². The van der Waals surface area contributed by atoms with Gasteiger partial charge in [-0.05, 0) is 41.9 Å². The summed E-state index contributed by atoms with van der Waals surface area (Å²) in [7, 11) is 0. The number of pyridine rings is 1. The molecule has 0 aliphatic carbocycles. The number of fused-ring (bicyclic) bond motifs is 1. The molecule has 1 saturated heterocycles. The molecule has 0 bridgehead atoms. The molecular weight excluding hydrogens is 252 g/mol. The normalized spacial score (nSPS) is 22.3. The third-order valence-electron chi connectivity index (χ3n) is 4.06. The van der Waals surface area contributed by atoms with E-state index in [0.29, 0.717) is 11.5 Å². The lowest BCUT2D eigenvalue weighted by atomic mass is 9.82. The molecule has 2 nitrogen and oxygen atoms in total. The summed E-state index contributed by atoms with van der Waals surface area (Å²) < 4.78 is 0. The molecule has 1 unspecified atom stereocenters. The van der Waals surface area contributed by atoms with Crippen LogP contribution in [0.4, 0.5) is 5.69 Å². The molecule has 1 aromatic carbocycles. The van der Waals surface area contributed by atoms with E-state index in [1.807, 2.05) is 12.3 Å². The minimum atomic E-state index is 0.370. The second-order valence-corrected chi connectivity index (χ2v) is 7.07. The lowest BCUT2D eigenvalue weighted by Gasteiger charge is -2.39. The molecule has 100 valence electrons. The summed E-state index contributed by atoms with van der Waals surface area (Å²) in [4.78, 5) is 4.37. The van der Waals surface area contributed by atoms with E-state index < -0.39 is 0 Å². The Labute approximate surface area is 119 Å². The standard InChI is InChI=1S/C16H20N2S/c1-16(2)7-9-19-11-15(16)18-13-5-6-14-12(10-13)4-3-8-17-14/h3-6,8,10,15,18H,7,9,11H2,1-2H3. The average Bonchev–Trinajstić information content (AvgIpc) is 2.41. The van der Waals surface area contributed by atoms with Crippen LogP contribution in [0, 0.1) is 5.41 Å². The van der Waals surface area contributed by atoms with Crippen LogP contribution >= 0.6 is 11.8 Å². The van der Waals surface area contributed by atoms with Gasteiger partial charge in [0.1, 0.15) is 0 Å². The molecule has 1 N–H and O–H groups in total. The van der Waals surface area contributed by atoms with Gasteiger partial charge >= 0.3 is 0 Å². The van der Waals surface area contributed by atoms with Gasteiger partial charge in [0.15, 0.2) is 0 Å². The van der Waals surface area contributed by atoms with Crippen LogP contribution in [0.2, 0.25) is 0 Å². The lowest BCUT2D eigenvalue weighted by molar-refractivity contribution is 0.305. The summed E-state index contributed by atoms with van der Waals surface area (Å²) >= 11 is 2.05. The highest BCUT2D eigenvalue weighted by atomic mass is 32.2. The van der Waals surface area contributed by atoms with Crippen molar-refractivity contribution in [3.05, 3.63) is 36.5 Å². The fraction of sp³-hybridized carbons (Fsp3) is 0.438. The second kappa shape index (κ2) is 5.04. The van der Waals surface area contributed by atoms with Gasteiger partial charge < -0.3 is 5.32 Å². The van der Waals surface area contributed by atoms with E-state index in [4.69, 9.17) is 0 Å². The van der Waals surface area contributed by atoms with Gasteiger partial charge in [-0.15, -0.1) is 0 Å². The van der Waals surface area contributed by atoms with E-state index in [1.54, 1.807) is 0 Å². The smallest absolute Gasteiger partial charge is 0.0703 e. The summed E-state index contributed by atoms with van der Waals surface area (Å²) in [6.07, 6.45) is 3.13. The van der Waals surface area contributed by atoms with Crippen molar-refractivity contribution in [1.29, 1.82) is 0 Å². The van der Waals surface area contributed by atoms with Gasteiger partial charge in [-0.25, -0.2) is 0 Å². The molecule has 0 saturated carbocycles. The summed E-state index contributed by atoms with van der Waals surface area (Å²) in [6, 6.07) is 11.1. The molecule has 3 heteroatoms. The molecule has 1 aliphatic rings. The molecule has 1 atom stereocenters. The van der Waals surface area contributed by atoms with Crippen molar-refractivity contribution in [1.82, 2.24) is 4.98 Å². The number of hydrogen-bond acceptors (Lipinski definition) is 3. The Morgan fingerprint density at radius 2 is 2.21 bits per heavy atom. The van der Waals surface area contributed by atoms with E-state index in [1.165, 1.54) is 29.0 Å². The van der Waals surface area contributed by atoms with Crippen molar-refractivity contribution in [2.75, 3.05) is 16.8 Å². The minimum Gasteiger partial charge on any atom is -0.381 e. The Balaban J connectivity index is 1.84. The number of nitrogens with one attached hydrogen (secondary N) is 1. The van der Waals surface area contributed by atoms with E-state index in [-0.39, 0.29) is 0 Å². The Morgan fingerprint density at radius 1 is 1.32 bits per heavy atom. The van der Waals surface area contributed by atoms with Gasteiger partial charge in [0.25, 0.3) is 0 Å². The first-order chi connectivity index (χ1) is 9.15. The maximum absolute atomic E-state index is 4.37. The first-order valence-corrected chi connectivity index (χ1v) is 8.00. The quantitative estimate of drug-likeness (QED) is 0.888. The monoisotopic (exact) mass is 272 g/mol. The zero-order valence-corrected chi connectivity index (χ0v) is 12.3. The Kier molecular flexibility index (Phi) is 3.40. The number of rotatable bonds is 2. The molecular formula is C16H20N2S. The van der Waals surface area contributed by atoms with Crippen LogP contribution in [0.1, 0.15) is 20.3 Å². The number of benzene rings is 1. The number of nitrogens with zero attached hydrogens (tertiary/aromatic N) is 1. The molecule has 3 rings (SSSR count). The molecule has 0 radical (unpaired) electrons. The highest BCUT2D eigenvalue weighted by Crippen LogP contribution is 2.36. The first-order valence-electron chi connectivity index (χ1n) is 6.84. The van der Waals surface area contributed by atoms with Crippen molar-refractivity contribution < 1.29 is 0 Å². The average molecular weight is 272 g/mol. The van der Waals surface area contributed by atoms with Crippen LogP contribution in [0.25, 0.3) is 10.9 Å². The van der Waals surface area contributed by atoms with Crippen LogP contribution in [0.5, 0.6) is 0 Å². The molecule has 2 aromatic rings. The zero-order valence-electron chi connectivity index (χ0n) is 11.5. The molecule has 19 heavy (non-hydrogen) atoms. The molecule has 2 heterocycles. The lowest BCUT2D eigenvalue weighted by Crippen LogP contribution is -2.41. The van der Waals surface area contributed by atoms with Crippen LogP contribution in [-0.2, 0) is 0 Å². The number of aromatic nitrogens is 1. The van der Waals surface area contributed by atoms with E-state index >= 15 is 0 Å². The summed E-state index contributed by atoms with van der Waals surface area (Å²) in [5, 5.41) is 4.92. The fourth-order valence-electron chi connectivity index (χ4n) is 2.54. The maximum atomic E-state index is 4.37. The van der Waals surface area contributed by atoms with E-state index in [9.17, 15) is 0 Å². The van der Waals surface area contributed by atoms with Crippen molar-refractivity contribution in [2.24, 2.45) is 5.41 Å². The van der Waals surface area contributed by atoms with Gasteiger partial charge in [0.2, 0.25) is 0 Å². The van der Waals surface area contributed by atoms with Gasteiger partial charge in [-0.3, -0.25) is 4.98 Å². The SMILES string of the molecule is CC1(C)CCSCC1Nc1ccc2ncccc2c1. The first kappa shape index (κ1) is 12.8. The van der Waals surface area contributed by atoms with Crippen molar-refractivity contribution in [3.8, 4) is 0 Å². The molecule has 0 amide bonds. The molecule has 1 aromatic heterocycles.